The van der Waals surface area contributed by atoms with E-state index >= 15 is 0 Å². The first-order chi connectivity index (χ1) is 21.4. The first kappa shape index (κ1) is 29.2. The van der Waals surface area contributed by atoms with Gasteiger partial charge in [-0.1, -0.05) is 19.1 Å². The highest BCUT2D eigenvalue weighted by Gasteiger charge is 2.23. The highest BCUT2D eigenvalue weighted by molar-refractivity contribution is 6.09. The van der Waals surface area contributed by atoms with Crippen LogP contribution in [0, 0.1) is 0 Å². The molecule has 0 unspecified atom stereocenters. The molecule has 13 heteroatoms. The maximum absolute atomic E-state index is 13.4. The van der Waals surface area contributed by atoms with Crippen LogP contribution < -0.4 is 14.8 Å². The number of ether oxygens (including phenoxy) is 3. The number of carbonyl (C=O) groups is 1. The number of rotatable bonds is 10. The molecule has 1 aliphatic rings. The number of hydrogen-bond donors (Lipinski definition) is 1. The summed E-state index contributed by atoms with van der Waals surface area (Å²) in [6, 6.07) is 13.9. The summed E-state index contributed by atoms with van der Waals surface area (Å²) in [6.45, 7) is 2.23. The second kappa shape index (κ2) is 12.8. The standard InChI is InChI=1S/C31H31F2N7O4/c1-3-21-18-39(12-13-42-21)17-20-6-4-7-22(14-20)43-23-8-9-27(44-31(32)33)24(15-23)28-26(19-38(2)37-28)36-30(41)25-16-35-40-11-5-10-34-29(25)40/h4-11,14-16,19,21,31H,3,12-13,17-18H2,1-2H3,(H,36,41)/t21-/m1/s1. The maximum Gasteiger partial charge on any atom is 0.387 e. The van der Waals surface area contributed by atoms with E-state index in [-0.39, 0.29) is 34.4 Å². The third-order valence-corrected chi connectivity index (χ3v) is 7.24. The molecule has 11 nitrogen and oxygen atoms in total. The Morgan fingerprint density at radius 3 is 2.89 bits per heavy atom. The second-order valence-corrected chi connectivity index (χ2v) is 10.4. The van der Waals surface area contributed by atoms with Gasteiger partial charge in [-0.2, -0.15) is 19.0 Å². The lowest BCUT2D eigenvalue weighted by Crippen LogP contribution is -2.41. The van der Waals surface area contributed by atoms with E-state index in [1.807, 2.05) is 24.3 Å². The average Bonchev–Trinajstić information content (AvgIpc) is 3.61. The maximum atomic E-state index is 13.4. The molecule has 1 atom stereocenters. The van der Waals surface area contributed by atoms with Crippen molar-refractivity contribution in [3.8, 4) is 28.5 Å². The quantitative estimate of drug-likeness (QED) is 0.227. The van der Waals surface area contributed by atoms with Crippen LogP contribution in [0.1, 0.15) is 29.3 Å². The van der Waals surface area contributed by atoms with Gasteiger partial charge in [0.15, 0.2) is 5.65 Å². The Morgan fingerprint density at radius 1 is 1.18 bits per heavy atom. The van der Waals surface area contributed by atoms with E-state index in [0.717, 1.165) is 31.6 Å². The van der Waals surface area contributed by atoms with Crippen LogP contribution in [0.2, 0.25) is 0 Å². The van der Waals surface area contributed by atoms with Crippen molar-refractivity contribution < 1.29 is 27.8 Å². The van der Waals surface area contributed by atoms with Crippen molar-refractivity contribution in [3.63, 3.8) is 0 Å². The average molecular weight is 604 g/mol. The van der Waals surface area contributed by atoms with Gasteiger partial charge in [-0.05, 0) is 48.4 Å². The van der Waals surface area contributed by atoms with Crippen LogP contribution in [0.4, 0.5) is 14.5 Å². The first-order valence-corrected chi connectivity index (χ1v) is 14.2. The molecule has 4 heterocycles. The van der Waals surface area contributed by atoms with Crippen molar-refractivity contribution in [1.82, 2.24) is 29.3 Å². The van der Waals surface area contributed by atoms with Crippen LogP contribution in [0.15, 0.2) is 73.3 Å². The van der Waals surface area contributed by atoms with Crippen LogP contribution in [0.5, 0.6) is 17.2 Å². The summed E-state index contributed by atoms with van der Waals surface area (Å²) in [5.74, 6) is 0.363. The van der Waals surface area contributed by atoms with Crippen LogP contribution in [-0.4, -0.2) is 67.6 Å². The Kier molecular flexibility index (Phi) is 8.48. The number of morpholine rings is 1. The zero-order valence-corrected chi connectivity index (χ0v) is 24.2. The van der Waals surface area contributed by atoms with Gasteiger partial charge in [-0.25, -0.2) is 9.50 Å². The predicted molar refractivity (Wildman–Crippen MR) is 158 cm³/mol. The van der Waals surface area contributed by atoms with E-state index in [2.05, 4.69) is 32.3 Å². The van der Waals surface area contributed by atoms with Crippen molar-refractivity contribution in [1.29, 1.82) is 0 Å². The van der Waals surface area contributed by atoms with E-state index < -0.39 is 12.5 Å². The van der Waals surface area contributed by atoms with Gasteiger partial charge in [0.05, 0.1) is 30.2 Å². The molecule has 1 N–H and O–H groups in total. The number of halogens is 2. The number of aromatic nitrogens is 5. The van der Waals surface area contributed by atoms with Gasteiger partial charge in [0.1, 0.15) is 28.5 Å². The number of nitrogens with zero attached hydrogens (tertiary/aromatic N) is 6. The topological polar surface area (TPSA) is 108 Å². The Morgan fingerprint density at radius 2 is 2.05 bits per heavy atom. The van der Waals surface area contributed by atoms with Gasteiger partial charge in [0.2, 0.25) is 0 Å². The molecule has 1 saturated heterocycles. The zero-order valence-electron chi connectivity index (χ0n) is 24.2. The van der Waals surface area contributed by atoms with E-state index in [1.54, 1.807) is 43.8 Å². The number of benzene rings is 2. The van der Waals surface area contributed by atoms with Gasteiger partial charge in [0.25, 0.3) is 5.91 Å². The number of hydrogen-bond acceptors (Lipinski definition) is 8. The van der Waals surface area contributed by atoms with Crippen molar-refractivity contribution in [3.05, 3.63) is 84.4 Å². The molecule has 44 heavy (non-hydrogen) atoms. The van der Waals surface area contributed by atoms with Gasteiger partial charge >= 0.3 is 6.61 Å². The van der Waals surface area contributed by atoms with Crippen molar-refractivity contribution in [2.75, 3.05) is 25.0 Å². The number of fused-ring (bicyclic) bond motifs is 1. The molecule has 2 aromatic carbocycles. The lowest BCUT2D eigenvalue weighted by molar-refractivity contribution is -0.0495. The number of aryl methyl sites for hydroxylation is 1. The molecule has 3 aromatic heterocycles. The Labute approximate surface area is 252 Å². The molecule has 0 radical (unpaired) electrons. The number of carbonyl (C=O) groups excluding carboxylic acids is 1. The van der Waals surface area contributed by atoms with E-state index in [0.29, 0.717) is 23.8 Å². The summed E-state index contributed by atoms with van der Waals surface area (Å²) in [4.78, 5) is 19.8. The summed E-state index contributed by atoms with van der Waals surface area (Å²) in [7, 11) is 1.66. The molecular weight excluding hydrogens is 572 g/mol. The SMILES string of the molecule is CC[C@@H]1CN(Cc2cccc(Oc3ccc(OC(F)F)c(-c4nn(C)cc4NC(=O)c4cnn5cccnc45)c3)c2)CCO1. The fraction of sp³-hybridized carbons (Fsp3) is 0.290. The van der Waals surface area contributed by atoms with Crippen LogP contribution in [-0.2, 0) is 18.3 Å². The number of anilines is 1. The van der Waals surface area contributed by atoms with E-state index in [9.17, 15) is 13.6 Å². The summed E-state index contributed by atoms with van der Waals surface area (Å²) in [5.41, 5.74) is 2.40. The highest BCUT2D eigenvalue weighted by atomic mass is 19.3. The van der Waals surface area contributed by atoms with Gasteiger partial charge < -0.3 is 19.5 Å². The van der Waals surface area contributed by atoms with E-state index in [1.165, 1.54) is 21.5 Å². The molecule has 228 valence electrons. The molecule has 6 rings (SSSR count). The lowest BCUT2D eigenvalue weighted by atomic mass is 10.1. The molecule has 0 aliphatic carbocycles. The molecule has 0 saturated carbocycles. The summed E-state index contributed by atoms with van der Waals surface area (Å²) in [5, 5.41) is 11.4. The molecule has 1 amide bonds. The number of nitrogens with one attached hydrogen (secondary N) is 1. The predicted octanol–water partition coefficient (Wildman–Crippen LogP) is 5.39. The van der Waals surface area contributed by atoms with Crippen molar-refractivity contribution >= 4 is 17.2 Å². The summed E-state index contributed by atoms with van der Waals surface area (Å²) < 4.78 is 46.6. The van der Waals surface area contributed by atoms with Crippen molar-refractivity contribution in [2.24, 2.45) is 7.05 Å². The fourth-order valence-corrected chi connectivity index (χ4v) is 5.18. The van der Waals surface area contributed by atoms with Gasteiger partial charge in [0, 0.05) is 45.3 Å². The normalized spacial score (nSPS) is 15.5. The molecular formula is C31H31F2N7O4. The summed E-state index contributed by atoms with van der Waals surface area (Å²) in [6.07, 6.45) is 7.41. The first-order valence-electron chi connectivity index (χ1n) is 14.2. The Bertz CT molecular complexity index is 1770. The lowest BCUT2D eigenvalue weighted by Gasteiger charge is -2.32. The van der Waals surface area contributed by atoms with E-state index in [4.69, 9.17) is 14.2 Å². The smallest absolute Gasteiger partial charge is 0.387 e. The number of amides is 1. The summed E-state index contributed by atoms with van der Waals surface area (Å²) >= 11 is 0. The minimum atomic E-state index is -3.07. The monoisotopic (exact) mass is 603 g/mol. The molecule has 1 fully saturated rings. The van der Waals surface area contributed by atoms with Crippen LogP contribution in [0.3, 0.4) is 0 Å². The minimum absolute atomic E-state index is 0.120. The zero-order chi connectivity index (χ0) is 30.6. The third-order valence-electron chi connectivity index (χ3n) is 7.24. The minimum Gasteiger partial charge on any atom is -0.457 e. The van der Waals surface area contributed by atoms with Gasteiger partial charge in [-0.15, -0.1) is 0 Å². The van der Waals surface area contributed by atoms with Crippen LogP contribution in [0.25, 0.3) is 16.9 Å². The molecule has 0 bridgehead atoms. The molecule has 1 aliphatic heterocycles. The number of alkyl halides is 2. The van der Waals surface area contributed by atoms with Gasteiger partial charge in [-0.3, -0.25) is 14.4 Å². The highest BCUT2D eigenvalue weighted by Crippen LogP contribution is 2.39. The second-order valence-electron chi connectivity index (χ2n) is 10.4. The Hall–Kier alpha value is -4.88. The third kappa shape index (κ3) is 6.53. The molecule has 5 aromatic rings. The Balaban J connectivity index is 1.27. The largest absolute Gasteiger partial charge is 0.457 e. The van der Waals surface area contributed by atoms with Crippen molar-refractivity contribution in [2.45, 2.75) is 32.6 Å². The fourth-order valence-electron chi connectivity index (χ4n) is 5.18. The molecule has 0 spiro atoms. The van der Waals surface area contributed by atoms with Crippen LogP contribution >= 0.6 is 0 Å².